The Morgan fingerprint density at radius 2 is 1.77 bits per heavy atom. The SMILES string of the molecule is N#CC(=Cc1cc(Cl)c(OCc2cccc3ccccc23)c(Br)c1)c1ccccc1F. The lowest BCUT2D eigenvalue weighted by atomic mass is 10.0. The third-order valence-corrected chi connectivity index (χ3v) is 5.74. The molecule has 0 heterocycles. The van der Waals surface area contributed by atoms with Crippen molar-refractivity contribution < 1.29 is 9.13 Å². The Balaban J connectivity index is 1.62. The van der Waals surface area contributed by atoms with Gasteiger partial charge in [-0.1, -0.05) is 72.3 Å². The zero-order valence-electron chi connectivity index (χ0n) is 16.3. The predicted molar refractivity (Wildman–Crippen MR) is 127 cm³/mol. The van der Waals surface area contributed by atoms with Gasteiger partial charge in [0.25, 0.3) is 0 Å². The number of ether oxygens (including phenoxy) is 1. The zero-order chi connectivity index (χ0) is 21.8. The number of nitrogens with zero attached hydrogens (tertiary/aromatic N) is 1. The summed E-state index contributed by atoms with van der Waals surface area (Å²) in [5.41, 5.74) is 2.17. The van der Waals surface area contributed by atoms with Crippen molar-refractivity contribution in [3.05, 3.63) is 111 Å². The van der Waals surface area contributed by atoms with Gasteiger partial charge in [-0.2, -0.15) is 5.26 Å². The Labute approximate surface area is 193 Å². The van der Waals surface area contributed by atoms with E-state index in [1.54, 1.807) is 36.4 Å². The van der Waals surface area contributed by atoms with E-state index in [1.807, 2.05) is 24.3 Å². The summed E-state index contributed by atoms with van der Waals surface area (Å²) < 4.78 is 20.8. The third-order valence-electron chi connectivity index (χ3n) is 4.87. The smallest absolute Gasteiger partial charge is 0.152 e. The molecule has 0 saturated carbocycles. The fourth-order valence-corrected chi connectivity index (χ4v) is 4.37. The van der Waals surface area contributed by atoms with E-state index < -0.39 is 5.82 Å². The van der Waals surface area contributed by atoms with Gasteiger partial charge >= 0.3 is 0 Å². The number of rotatable bonds is 5. The highest BCUT2D eigenvalue weighted by Crippen LogP contribution is 2.36. The van der Waals surface area contributed by atoms with Crippen LogP contribution in [-0.2, 0) is 6.61 Å². The van der Waals surface area contributed by atoms with E-state index in [1.165, 1.54) is 6.07 Å². The fourth-order valence-electron chi connectivity index (χ4n) is 3.39. The highest BCUT2D eigenvalue weighted by Gasteiger charge is 2.12. The second-order valence-electron chi connectivity index (χ2n) is 6.89. The van der Waals surface area contributed by atoms with E-state index in [2.05, 4.69) is 40.2 Å². The maximum absolute atomic E-state index is 14.1. The molecule has 2 nitrogen and oxygen atoms in total. The molecular formula is C26H16BrClFNO. The summed E-state index contributed by atoms with van der Waals surface area (Å²) in [4.78, 5) is 0. The van der Waals surface area contributed by atoms with E-state index >= 15 is 0 Å². The molecule has 4 aromatic carbocycles. The van der Waals surface area contributed by atoms with Gasteiger partial charge in [0.05, 0.1) is 21.1 Å². The van der Waals surface area contributed by atoms with Crippen LogP contribution in [0.15, 0.2) is 83.3 Å². The van der Waals surface area contributed by atoms with Gasteiger partial charge in [-0.3, -0.25) is 0 Å². The zero-order valence-corrected chi connectivity index (χ0v) is 18.6. The van der Waals surface area contributed by atoms with Gasteiger partial charge in [-0.05, 0) is 62.1 Å². The van der Waals surface area contributed by atoms with Crippen LogP contribution in [0.1, 0.15) is 16.7 Å². The van der Waals surface area contributed by atoms with Crippen LogP contribution in [0.25, 0.3) is 22.4 Å². The van der Waals surface area contributed by atoms with Crippen LogP contribution in [-0.4, -0.2) is 0 Å². The van der Waals surface area contributed by atoms with Gasteiger partial charge in [0.2, 0.25) is 0 Å². The van der Waals surface area contributed by atoms with E-state index in [0.29, 0.717) is 27.4 Å². The Hall–Kier alpha value is -3.13. The molecule has 0 fully saturated rings. The molecule has 0 bridgehead atoms. The summed E-state index contributed by atoms with van der Waals surface area (Å²) in [6, 6.07) is 25.9. The van der Waals surface area contributed by atoms with Crippen LogP contribution in [0, 0.1) is 17.1 Å². The second kappa shape index (κ2) is 9.34. The minimum absolute atomic E-state index is 0.213. The number of nitriles is 1. The molecule has 0 spiro atoms. The van der Waals surface area contributed by atoms with Crippen molar-refractivity contribution in [2.75, 3.05) is 0 Å². The summed E-state index contributed by atoms with van der Waals surface area (Å²) in [6.07, 6.45) is 1.60. The van der Waals surface area contributed by atoms with Gasteiger partial charge < -0.3 is 4.74 Å². The van der Waals surface area contributed by atoms with Crippen molar-refractivity contribution in [1.82, 2.24) is 0 Å². The maximum Gasteiger partial charge on any atom is 0.152 e. The average molecular weight is 493 g/mol. The van der Waals surface area contributed by atoms with Crippen LogP contribution in [0.4, 0.5) is 4.39 Å². The quantitative estimate of drug-likeness (QED) is 0.209. The molecule has 0 unspecified atom stereocenters. The van der Waals surface area contributed by atoms with Crippen molar-refractivity contribution in [3.8, 4) is 11.8 Å². The van der Waals surface area contributed by atoms with Gasteiger partial charge in [0.1, 0.15) is 12.4 Å². The summed E-state index contributed by atoms with van der Waals surface area (Å²) >= 11 is 9.99. The van der Waals surface area contributed by atoms with E-state index in [4.69, 9.17) is 16.3 Å². The number of hydrogen-bond donors (Lipinski definition) is 0. The molecule has 0 aliphatic carbocycles. The molecule has 5 heteroatoms. The molecule has 0 saturated heterocycles. The van der Waals surface area contributed by atoms with Crippen molar-refractivity contribution in [2.24, 2.45) is 0 Å². The van der Waals surface area contributed by atoms with Gasteiger partial charge in [0.15, 0.2) is 5.75 Å². The van der Waals surface area contributed by atoms with Gasteiger partial charge in [-0.15, -0.1) is 0 Å². The summed E-state index contributed by atoms with van der Waals surface area (Å²) in [5.74, 6) is 0.0617. The molecular weight excluding hydrogens is 477 g/mol. The summed E-state index contributed by atoms with van der Waals surface area (Å²) in [5, 5.41) is 12.2. The van der Waals surface area contributed by atoms with Crippen molar-refractivity contribution in [3.63, 3.8) is 0 Å². The monoisotopic (exact) mass is 491 g/mol. The molecule has 0 aliphatic rings. The first-order valence-electron chi connectivity index (χ1n) is 9.52. The molecule has 0 atom stereocenters. The third kappa shape index (κ3) is 4.64. The van der Waals surface area contributed by atoms with E-state index in [-0.39, 0.29) is 11.1 Å². The predicted octanol–water partition coefficient (Wildman–Crippen LogP) is 8.04. The maximum atomic E-state index is 14.1. The first-order valence-corrected chi connectivity index (χ1v) is 10.7. The summed E-state index contributed by atoms with van der Waals surface area (Å²) in [6.45, 7) is 0.355. The standard InChI is InChI=1S/C26H16BrClFNO/c27-23-13-17(12-20(15-30)22-10-3-4-11-25(22)29)14-24(28)26(23)31-16-19-8-5-7-18-6-1-2-9-21(18)19/h1-14H,16H2. The lowest BCUT2D eigenvalue weighted by Crippen LogP contribution is -1.98. The number of halogens is 3. The van der Waals surface area contributed by atoms with Crippen molar-refractivity contribution in [2.45, 2.75) is 6.61 Å². The molecule has 0 amide bonds. The van der Waals surface area contributed by atoms with Gasteiger partial charge in [-0.25, -0.2) is 4.39 Å². The molecule has 0 aliphatic heterocycles. The molecule has 31 heavy (non-hydrogen) atoms. The molecule has 0 radical (unpaired) electrons. The first-order chi connectivity index (χ1) is 15.1. The Kier molecular flexibility index (Phi) is 6.36. The van der Waals surface area contributed by atoms with Crippen LogP contribution in [0.2, 0.25) is 5.02 Å². The Morgan fingerprint density at radius 1 is 1.03 bits per heavy atom. The van der Waals surface area contributed by atoms with E-state index in [9.17, 15) is 9.65 Å². The molecule has 4 rings (SSSR count). The molecule has 152 valence electrons. The Bertz CT molecular complexity index is 1310. The number of fused-ring (bicyclic) bond motifs is 1. The van der Waals surface area contributed by atoms with Crippen LogP contribution in [0.3, 0.4) is 0 Å². The highest BCUT2D eigenvalue weighted by atomic mass is 79.9. The minimum atomic E-state index is -0.449. The normalized spacial score (nSPS) is 11.4. The Morgan fingerprint density at radius 3 is 2.55 bits per heavy atom. The lowest BCUT2D eigenvalue weighted by molar-refractivity contribution is 0.306. The van der Waals surface area contributed by atoms with Crippen LogP contribution in [0.5, 0.6) is 5.75 Å². The van der Waals surface area contributed by atoms with Crippen LogP contribution < -0.4 is 4.74 Å². The van der Waals surface area contributed by atoms with Crippen LogP contribution >= 0.6 is 27.5 Å². The average Bonchev–Trinajstić information content (AvgIpc) is 2.77. The lowest BCUT2D eigenvalue weighted by Gasteiger charge is -2.13. The highest BCUT2D eigenvalue weighted by molar-refractivity contribution is 9.10. The minimum Gasteiger partial charge on any atom is -0.486 e. The topological polar surface area (TPSA) is 33.0 Å². The van der Waals surface area contributed by atoms with Crippen molar-refractivity contribution in [1.29, 1.82) is 5.26 Å². The van der Waals surface area contributed by atoms with Gasteiger partial charge in [0, 0.05) is 5.56 Å². The van der Waals surface area contributed by atoms with E-state index in [0.717, 1.165) is 16.3 Å². The first kappa shape index (κ1) is 21.1. The number of hydrogen-bond acceptors (Lipinski definition) is 2. The number of allylic oxidation sites excluding steroid dienone is 1. The molecule has 4 aromatic rings. The summed E-state index contributed by atoms with van der Waals surface area (Å²) in [7, 11) is 0. The largest absolute Gasteiger partial charge is 0.486 e. The molecule has 0 aromatic heterocycles. The number of benzene rings is 4. The fraction of sp³-hybridized carbons (Fsp3) is 0.0385. The van der Waals surface area contributed by atoms with Crippen molar-refractivity contribution >= 4 is 50.0 Å². The molecule has 0 N–H and O–H groups in total. The second-order valence-corrected chi connectivity index (χ2v) is 8.15.